The van der Waals surface area contributed by atoms with E-state index in [1.807, 2.05) is 13.8 Å². The molecule has 0 aliphatic carbocycles. The molecule has 1 rings (SSSR count). The lowest BCUT2D eigenvalue weighted by Crippen LogP contribution is -2.39. The first kappa shape index (κ1) is 11.5. The fourth-order valence-corrected chi connectivity index (χ4v) is 1.05. The van der Waals surface area contributed by atoms with Gasteiger partial charge in [-0.1, -0.05) is 0 Å². The van der Waals surface area contributed by atoms with Crippen LogP contribution in [0.25, 0.3) is 0 Å². The van der Waals surface area contributed by atoms with Crippen LogP contribution in [0.1, 0.15) is 24.2 Å². The Morgan fingerprint density at radius 3 is 2.80 bits per heavy atom. The van der Waals surface area contributed by atoms with Gasteiger partial charge in [0.15, 0.2) is 0 Å². The zero-order valence-electron chi connectivity index (χ0n) is 8.95. The number of hydrogen-bond acceptors (Lipinski definition) is 4. The van der Waals surface area contributed by atoms with Crippen molar-refractivity contribution in [2.24, 2.45) is 11.5 Å². The normalized spacial score (nSPS) is 11.1. The van der Waals surface area contributed by atoms with Gasteiger partial charge < -0.3 is 16.8 Å². The number of carbonyl (C=O) groups excluding carboxylic acids is 1. The molecule has 5 N–H and O–H groups in total. The lowest BCUT2D eigenvalue weighted by Gasteiger charge is -2.24. The lowest BCUT2D eigenvalue weighted by molar-refractivity contribution is 0.1000. The minimum absolute atomic E-state index is 0.261. The average molecular weight is 208 g/mol. The highest BCUT2D eigenvalue weighted by Gasteiger charge is 2.15. The minimum atomic E-state index is -0.467. The molecule has 0 atom stereocenters. The van der Waals surface area contributed by atoms with Crippen molar-refractivity contribution in [2.45, 2.75) is 19.4 Å². The topological polar surface area (TPSA) is 94.0 Å². The zero-order chi connectivity index (χ0) is 11.5. The van der Waals surface area contributed by atoms with E-state index >= 15 is 0 Å². The van der Waals surface area contributed by atoms with Crippen molar-refractivity contribution in [3.63, 3.8) is 0 Å². The van der Waals surface area contributed by atoms with Gasteiger partial charge in [0.1, 0.15) is 5.82 Å². The lowest BCUT2D eigenvalue weighted by atomic mass is 10.1. The number of rotatable bonds is 4. The van der Waals surface area contributed by atoms with Gasteiger partial charge in [0.2, 0.25) is 5.91 Å². The van der Waals surface area contributed by atoms with Crippen LogP contribution in [0.4, 0.5) is 5.82 Å². The van der Waals surface area contributed by atoms with Gasteiger partial charge in [-0.05, 0) is 26.0 Å². The number of hydrogen-bond donors (Lipinski definition) is 3. The summed E-state index contributed by atoms with van der Waals surface area (Å²) in [5.41, 5.74) is 10.9. The van der Waals surface area contributed by atoms with Gasteiger partial charge in [-0.2, -0.15) is 0 Å². The second-order valence-corrected chi connectivity index (χ2v) is 4.01. The molecule has 0 bridgehead atoms. The standard InChI is InChI=1S/C10H16N4O/c1-10(2,6-11)14-8-5-7(9(12)15)3-4-13-8/h3-5H,6,11H2,1-2H3,(H2,12,15)(H,13,14). The Bertz CT molecular complexity index is 362. The summed E-state index contributed by atoms with van der Waals surface area (Å²) in [6.07, 6.45) is 1.54. The Hall–Kier alpha value is -1.62. The molecule has 0 aromatic carbocycles. The average Bonchev–Trinajstić information content (AvgIpc) is 2.17. The molecule has 5 heteroatoms. The fraction of sp³-hybridized carbons (Fsp3) is 0.400. The van der Waals surface area contributed by atoms with Crippen LogP contribution in [-0.2, 0) is 0 Å². The highest BCUT2D eigenvalue weighted by atomic mass is 16.1. The van der Waals surface area contributed by atoms with E-state index in [2.05, 4.69) is 10.3 Å². The van der Waals surface area contributed by atoms with Crippen LogP contribution in [0.3, 0.4) is 0 Å². The Balaban J connectivity index is 2.87. The maximum absolute atomic E-state index is 10.9. The highest BCUT2D eigenvalue weighted by Crippen LogP contribution is 2.12. The van der Waals surface area contributed by atoms with Crippen LogP contribution in [0.15, 0.2) is 18.3 Å². The molecule has 0 spiro atoms. The molecule has 0 unspecified atom stereocenters. The molecule has 0 saturated heterocycles. The van der Waals surface area contributed by atoms with Crippen molar-refractivity contribution in [2.75, 3.05) is 11.9 Å². The third kappa shape index (κ3) is 3.21. The molecule has 5 nitrogen and oxygen atoms in total. The molecular formula is C10H16N4O. The van der Waals surface area contributed by atoms with E-state index in [9.17, 15) is 4.79 Å². The predicted octanol–water partition coefficient (Wildman–Crippen LogP) is 0.330. The summed E-state index contributed by atoms with van der Waals surface area (Å²) in [7, 11) is 0. The molecule has 0 aliphatic heterocycles. The number of primary amides is 1. The molecule has 15 heavy (non-hydrogen) atoms. The minimum Gasteiger partial charge on any atom is -0.366 e. The van der Waals surface area contributed by atoms with Gasteiger partial charge in [-0.25, -0.2) is 4.98 Å². The molecule has 82 valence electrons. The smallest absolute Gasteiger partial charge is 0.248 e. The van der Waals surface area contributed by atoms with Crippen LogP contribution in [0.2, 0.25) is 0 Å². The van der Waals surface area contributed by atoms with Gasteiger partial charge in [-0.3, -0.25) is 4.79 Å². The van der Waals surface area contributed by atoms with Crippen molar-refractivity contribution < 1.29 is 4.79 Å². The molecule has 0 saturated carbocycles. The van der Waals surface area contributed by atoms with Crippen LogP contribution < -0.4 is 16.8 Å². The summed E-state index contributed by atoms with van der Waals surface area (Å²) < 4.78 is 0. The number of amides is 1. The van der Waals surface area contributed by atoms with E-state index in [0.29, 0.717) is 17.9 Å². The van der Waals surface area contributed by atoms with Crippen molar-refractivity contribution >= 4 is 11.7 Å². The molecule has 0 radical (unpaired) electrons. The Kier molecular flexibility index (Phi) is 3.26. The summed E-state index contributed by atoms with van der Waals surface area (Å²) in [6, 6.07) is 3.18. The largest absolute Gasteiger partial charge is 0.366 e. The van der Waals surface area contributed by atoms with Crippen molar-refractivity contribution in [3.05, 3.63) is 23.9 Å². The van der Waals surface area contributed by atoms with Crippen LogP contribution in [0.5, 0.6) is 0 Å². The second-order valence-electron chi connectivity index (χ2n) is 4.01. The number of carbonyl (C=O) groups is 1. The third-order valence-corrected chi connectivity index (χ3v) is 2.02. The van der Waals surface area contributed by atoms with Crippen LogP contribution >= 0.6 is 0 Å². The summed E-state index contributed by atoms with van der Waals surface area (Å²) in [5, 5.41) is 3.12. The first-order valence-electron chi connectivity index (χ1n) is 4.69. The summed E-state index contributed by atoms with van der Waals surface area (Å²) >= 11 is 0. The molecule has 1 aromatic rings. The molecule has 0 aliphatic rings. The highest BCUT2D eigenvalue weighted by molar-refractivity contribution is 5.93. The van der Waals surface area contributed by atoms with E-state index in [-0.39, 0.29) is 5.54 Å². The Morgan fingerprint density at radius 2 is 2.27 bits per heavy atom. The zero-order valence-corrected chi connectivity index (χ0v) is 8.95. The Morgan fingerprint density at radius 1 is 1.60 bits per heavy atom. The van der Waals surface area contributed by atoms with Crippen molar-refractivity contribution in [1.29, 1.82) is 0 Å². The number of pyridine rings is 1. The number of nitrogens with two attached hydrogens (primary N) is 2. The third-order valence-electron chi connectivity index (χ3n) is 2.02. The number of aromatic nitrogens is 1. The van der Waals surface area contributed by atoms with Crippen LogP contribution in [-0.4, -0.2) is 23.0 Å². The van der Waals surface area contributed by atoms with E-state index in [1.54, 1.807) is 12.1 Å². The van der Waals surface area contributed by atoms with E-state index in [1.165, 1.54) is 6.20 Å². The van der Waals surface area contributed by atoms with Gasteiger partial charge in [0, 0.05) is 23.8 Å². The SMILES string of the molecule is CC(C)(CN)Nc1cc(C(N)=O)ccn1. The molecular weight excluding hydrogens is 192 g/mol. The second kappa shape index (κ2) is 4.27. The summed E-state index contributed by atoms with van der Waals surface area (Å²) in [5.74, 6) is 0.132. The molecule has 0 fully saturated rings. The first-order chi connectivity index (χ1) is 6.94. The predicted molar refractivity (Wildman–Crippen MR) is 59.5 cm³/mol. The Labute approximate surface area is 88.9 Å². The maximum atomic E-state index is 10.9. The summed E-state index contributed by atoms with van der Waals surface area (Å²) in [4.78, 5) is 15.0. The van der Waals surface area contributed by atoms with Crippen LogP contribution in [0, 0.1) is 0 Å². The molecule has 1 amide bonds. The van der Waals surface area contributed by atoms with Crippen molar-refractivity contribution in [3.8, 4) is 0 Å². The van der Waals surface area contributed by atoms with Gasteiger partial charge in [-0.15, -0.1) is 0 Å². The monoisotopic (exact) mass is 208 g/mol. The van der Waals surface area contributed by atoms with Crippen molar-refractivity contribution in [1.82, 2.24) is 4.98 Å². The quantitative estimate of drug-likeness (QED) is 0.664. The number of anilines is 1. The number of nitrogens with one attached hydrogen (secondary N) is 1. The van der Waals surface area contributed by atoms with E-state index in [4.69, 9.17) is 11.5 Å². The van der Waals surface area contributed by atoms with Gasteiger partial charge in [0.25, 0.3) is 0 Å². The maximum Gasteiger partial charge on any atom is 0.248 e. The number of nitrogens with zero attached hydrogens (tertiary/aromatic N) is 1. The summed E-state index contributed by atoms with van der Waals surface area (Å²) in [6.45, 7) is 4.37. The van der Waals surface area contributed by atoms with Gasteiger partial charge in [0.05, 0.1) is 0 Å². The fourth-order valence-electron chi connectivity index (χ4n) is 1.05. The van der Waals surface area contributed by atoms with Gasteiger partial charge >= 0.3 is 0 Å². The molecule has 1 aromatic heterocycles. The van der Waals surface area contributed by atoms with E-state index in [0.717, 1.165) is 0 Å². The van der Waals surface area contributed by atoms with E-state index < -0.39 is 5.91 Å². The first-order valence-corrected chi connectivity index (χ1v) is 4.69. The molecule has 1 heterocycles.